The van der Waals surface area contributed by atoms with E-state index in [1.807, 2.05) is 6.08 Å². The summed E-state index contributed by atoms with van der Waals surface area (Å²) in [5, 5.41) is 3.20. The van der Waals surface area contributed by atoms with Crippen molar-refractivity contribution in [3.05, 3.63) is 12.3 Å². The second-order valence-corrected chi connectivity index (χ2v) is 1.75. The number of methoxy groups -OCH3 is 1. The molecule has 0 aliphatic heterocycles. The molecule has 0 radical (unpaired) electrons. The van der Waals surface area contributed by atoms with Crippen molar-refractivity contribution in [3.63, 3.8) is 0 Å². The van der Waals surface area contributed by atoms with Gasteiger partial charge < -0.3 is 10.1 Å². The van der Waals surface area contributed by atoms with Gasteiger partial charge in [0.2, 0.25) is 0 Å². The third-order valence-corrected chi connectivity index (χ3v) is 0.970. The number of nitrogens with one attached hydrogen (secondary N) is 1. The Kier molecular flexibility index (Phi) is 7.08. The molecule has 0 saturated heterocycles. The molecule has 54 valence electrons. The number of ether oxygens (including phenoxy) is 1. The normalized spacial score (nSPS) is 10.4. The lowest BCUT2D eigenvalue weighted by atomic mass is 10.4. The molecule has 0 saturated carbocycles. The van der Waals surface area contributed by atoms with Crippen molar-refractivity contribution in [1.82, 2.24) is 5.32 Å². The number of hydrogen-bond donors (Lipinski definition) is 1. The Morgan fingerprint density at radius 2 is 2.33 bits per heavy atom. The first-order chi connectivity index (χ1) is 4.41. The van der Waals surface area contributed by atoms with Crippen LogP contribution in [-0.2, 0) is 4.74 Å². The highest BCUT2D eigenvalue weighted by Gasteiger charge is 1.76. The molecule has 0 amide bonds. The highest BCUT2D eigenvalue weighted by Crippen LogP contribution is 1.79. The molecule has 1 N–H and O–H groups in total. The summed E-state index contributed by atoms with van der Waals surface area (Å²) in [6, 6.07) is 0. The van der Waals surface area contributed by atoms with Crippen molar-refractivity contribution in [1.29, 1.82) is 0 Å². The molecule has 2 nitrogen and oxygen atoms in total. The zero-order chi connectivity index (χ0) is 6.95. The van der Waals surface area contributed by atoms with Gasteiger partial charge in [-0.25, -0.2) is 0 Å². The number of rotatable bonds is 5. The Balaban J connectivity index is 2.82. The van der Waals surface area contributed by atoms with E-state index < -0.39 is 0 Å². The SMILES string of the molecule is CCNCC/C=C/OC. The second-order valence-electron chi connectivity index (χ2n) is 1.75. The molecule has 0 aromatic rings. The molecule has 9 heavy (non-hydrogen) atoms. The Morgan fingerprint density at radius 1 is 1.56 bits per heavy atom. The molecule has 0 spiro atoms. The van der Waals surface area contributed by atoms with E-state index in [0.29, 0.717) is 0 Å². The molecule has 0 heterocycles. The van der Waals surface area contributed by atoms with Crippen LogP contribution in [-0.4, -0.2) is 20.2 Å². The van der Waals surface area contributed by atoms with Crippen LogP contribution >= 0.6 is 0 Å². The van der Waals surface area contributed by atoms with Gasteiger partial charge in [-0.1, -0.05) is 6.92 Å². The molecular formula is C7H15NO. The van der Waals surface area contributed by atoms with Gasteiger partial charge in [-0.05, 0) is 25.6 Å². The molecule has 0 aliphatic rings. The molecule has 0 bridgehead atoms. The summed E-state index contributed by atoms with van der Waals surface area (Å²) in [6.45, 7) is 4.18. The summed E-state index contributed by atoms with van der Waals surface area (Å²) in [6.07, 6.45) is 4.75. The quantitative estimate of drug-likeness (QED) is 0.444. The van der Waals surface area contributed by atoms with Crippen LogP contribution in [0, 0.1) is 0 Å². The minimum Gasteiger partial charge on any atom is -0.505 e. The van der Waals surface area contributed by atoms with Crippen LogP contribution in [0.1, 0.15) is 13.3 Å². The van der Waals surface area contributed by atoms with Gasteiger partial charge in [0.05, 0.1) is 13.4 Å². The summed E-state index contributed by atoms with van der Waals surface area (Å²) in [5.74, 6) is 0. The molecule has 2 heteroatoms. The van der Waals surface area contributed by atoms with E-state index in [1.54, 1.807) is 13.4 Å². The van der Waals surface area contributed by atoms with Crippen molar-refractivity contribution < 1.29 is 4.74 Å². The van der Waals surface area contributed by atoms with E-state index in [-0.39, 0.29) is 0 Å². The monoisotopic (exact) mass is 129 g/mol. The molecule has 0 aromatic heterocycles. The predicted molar refractivity (Wildman–Crippen MR) is 39.3 cm³/mol. The first kappa shape index (κ1) is 8.50. The topological polar surface area (TPSA) is 21.3 Å². The van der Waals surface area contributed by atoms with Crippen molar-refractivity contribution in [2.24, 2.45) is 0 Å². The predicted octanol–water partition coefficient (Wildman–Crippen LogP) is 1.15. The van der Waals surface area contributed by atoms with E-state index in [2.05, 4.69) is 12.2 Å². The zero-order valence-corrected chi connectivity index (χ0v) is 6.18. The van der Waals surface area contributed by atoms with Crippen molar-refractivity contribution >= 4 is 0 Å². The first-order valence-corrected chi connectivity index (χ1v) is 3.30. The van der Waals surface area contributed by atoms with E-state index in [9.17, 15) is 0 Å². The maximum absolute atomic E-state index is 4.71. The van der Waals surface area contributed by atoms with E-state index in [0.717, 1.165) is 19.5 Å². The van der Waals surface area contributed by atoms with Gasteiger partial charge in [0.25, 0.3) is 0 Å². The van der Waals surface area contributed by atoms with Crippen LogP contribution in [0.5, 0.6) is 0 Å². The van der Waals surface area contributed by atoms with E-state index in [4.69, 9.17) is 4.74 Å². The van der Waals surface area contributed by atoms with Crippen LogP contribution < -0.4 is 5.32 Å². The summed E-state index contributed by atoms with van der Waals surface area (Å²) in [4.78, 5) is 0. The lowest BCUT2D eigenvalue weighted by Gasteiger charge is -1.94. The van der Waals surface area contributed by atoms with Crippen LogP contribution in [0.15, 0.2) is 12.3 Å². The van der Waals surface area contributed by atoms with Crippen molar-refractivity contribution in [2.75, 3.05) is 20.2 Å². The Morgan fingerprint density at radius 3 is 2.89 bits per heavy atom. The number of hydrogen-bond acceptors (Lipinski definition) is 2. The summed E-state index contributed by atoms with van der Waals surface area (Å²) >= 11 is 0. The fraction of sp³-hybridized carbons (Fsp3) is 0.714. The molecule has 0 aromatic carbocycles. The molecule has 0 fully saturated rings. The summed E-state index contributed by atoms with van der Waals surface area (Å²) in [5.41, 5.74) is 0. The largest absolute Gasteiger partial charge is 0.505 e. The fourth-order valence-electron chi connectivity index (χ4n) is 0.526. The standard InChI is InChI=1S/C7H15NO/c1-3-8-6-4-5-7-9-2/h5,7-8H,3-4,6H2,1-2H3/b7-5+. The highest BCUT2D eigenvalue weighted by molar-refractivity contribution is 4.73. The van der Waals surface area contributed by atoms with Crippen LogP contribution in [0.2, 0.25) is 0 Å². The minimum absolute atomic E-state index is 1.04. The van der Waals surface area contributed by atoms with Gasteiger partial charge >= 0.3 is 0 Å². The fourth-order valence-corrected chi connectivity index (χ4v) is 0.526. The second kappa shape index (κ2) is 7.50. The highest BCUT2D eigenvalue weighted by atomic mass is 16.5. The Bertz CT molecular complexity index is 71.3. The lowest BCUT2D eigenvalue weighted by molar-refractivity contribution is 0.336. The van der Waals surface area contributed by atoms with Gasteiger partial charge in [-0.2, -0.15) is 0 Å². The lowest BCUT2D eigenvalue weighted by Crippen LogP contribution is -2.12. The van der Waals surface area contributed by atoms with Crippen LogP contribution in [0.25, 0.3) is 0 Å². The third-order valence-electron chi connectivity index (χ3n) is 0.970. The maximum atomic E-state index is 4.71. The molecular weight excluding hydrogens is 114 g/mol. The maximum Gasteiger partial charge on any atom is 0.0785 e. The summed E-state index contributed by atoms with van der Waals surface area (Å²) < 4.78 is 4.71. The average Bonchev–Trinajstić information content (AvgIpc) is 1.89. The van der Waals surface area contributed by atoms with Crippen molar-refractivity contribution in [2.45, 2.75) is 13.3 Å². The Labute approximate surface area is 56.9 Å². The smallest absolute Gasteiger partial charge is 0.0785 e. The van der Waals surface area contributed by atoms with Gasteiger partial charge in [0, 0.05) is 0 Å². The molecule has 0 unspecified atom stereocenters. The third kappa shape index (κ3) is 7.50. The molecule has 0 rings (SSSR count). The van der Waals surface area contributed by atoms with Crippen LogP contribution in [0.3, 0.4) is 0 Å². The van der Waals surface area contributed by atoms with E-state index in [1.165, 1.54) is 0 Å². The van der Waals surface area contributed by atoms with Gasteiger partial charge in [-0.15, -0.1) is 0 Å². The first-order valence-electron chi connectivity index (χ1n) is 3.30. The van der Waals surface area contributed by atoms with Crippen LogP contribution in [0.4, 0.5) is 0 Å². The average molecular weight is 129 g/mol. The zero-order valence-electron chi connectivity index (χ0n) is 6.18. The minimum atomic E-state index is 1.04. The molecule has 0 aliphatic carbocycles. The van der Waals surface area contributed by atoms with Gasteiger partial charge in [0.15, 0.2) is 0 Å². The molecule has 0 atom stereocenters. The van der Waals surface area contributed by atoms with Gasteiger partial charge in [-0.3, -0.25) is 0 Å². The van der Waals surface area contributed by atoms with Crippen molar-refractivity contribution in [3.8, 4) is 0 Å². The Hall–Kier alpha value is -0.500. The van der Waals surface area contributed by atoms with E-state index >= 15 is 0 Å². The van der Waals surface area contributed by atoms with Gasteiger partial charge in [0.1, 0.15) is 0 Å². The summed E-state index contributed by atoms with van der Waals surface area (Å²) in [7, 11) is 1.66.